The molecule has 1 heterocycles. The molecular weight excluding hydrogens is 254 g/mol. The van der Waals surface area contributed by atoms with E-state index in [-0.39, 0.29) is 11.3 Å². The zero-order valence-corrected chi connectivity index (χ0v) is 12.2. The maximum atomic E-state index is 12.1. The third kappa shape index (κ3) is 3.02. The lowest BCUT2D eigenvalue weighted by molar-refractivity contribution is 0.102. The molecule has 0 bridgehead atoms. The van der Waals surface area contributed by atoms with Crippen molar-refractivity contribution in [3.05, 3.63) is 47.9 Å². The quantitative estimate of drug-likeness (QED) is 0.924. The van der Waals surface area contributed by atoms with Crippen LogP contribution in [-0.2, 0) is 5.41 Å². The van der Waals surface area contributed by atoms with Crippen LogP contribution in [0.15, 0.2) is 41.2 Å². The van der Waals surface area contributed by atoms with E-state index in [1.807, 2.05) is 18.2 Å². The number of nitrogens with one attached hydrogen (secondary N) is 1. The molecule has 4 heteroatoms. The highest BCUT2D eigenvalue weighted by Gasteiger charge is 2.17. The van der Waals surface area contributed by atoms with E-state index in [1.54, 1.807) is 13.2 Å². The fourth-order valence-corrected chi connectivity index (χ4v) is 1.86. The van der Waals surface area contributed by atoms with Crippen LogP contribution >= 0.6 is 0 Å². The van der Waals surface area contributed by atoms with Crippen molar-refractivity contribution in [3.63, 3.8) is 0 Å². The number of hydrogen-bond donors (Lipinski definition) is 1. The molecule has 4 nitrogen and oxygen atoms in total. The normalized spacial score (nSPS) is 11.2. The second kappa shape index (κ2) is 5.41. The minimum atomic E-state index is -0.219. The number of carbonyl (C=O) groups is 1. The Hall–Kier alpha value is -2.23. The molecule has 0 aliphatic carbocycles. The molecule has 0 saturated heterocycles. The lowest BCUT2D eigenvalue weighted by atomic mass is 9.87. The van der Waals surface area contributed by atoms with Crippen LogP contribution in [0.4, 0.5) is 5.69 Å². The Labute approximate surface area is 118 Å². The summed E-state index contributed by atoms with van der Waals surface area (Å²) >= 11 is 0. The fourth-order valence-electron chi connectivity index (χ4n) is 1.86. The molecule has 0 unspecified atom stereocenters. The number of benzene rings is 1. The van der Waals surface area contributed by atoms with Crippen LogP contribution in [0.2, 0.25) is 0 Å². The zero-order chi connectivity index (χ0) is 14.8. The second-order valence-electron chi connectivity index (χ2n) is 5.63. The Kier molecular flexibility index (Phi) is 3.84. The molecule has 20 heavy (non-hydrogen) atoms. The summed E-state index contributed by atoms with van der Waals surface area (Å²) in [4.78, 5) is 12.1. The molecule has 0 aliphatic heterocycles. The van der Waals surface area contributed by atoms with Crippen molar-refractivity contribution in [2.24, 2.45) is 0 Å². The summed E-state index contributed by atoms with van der Waals surface area (Å²) in [6, 6.07) is 7.43. The predicted octanol–water partition coefficient (Wildman–Crippen LogP) is 3.84. The molecule has 1 N–H and O–H groups in total. The zero-order valence-electron chi connectivity index (χ0n) is 12.2. The third-order valence-electron chi connectivity index (χ3n) is 3.10. The van der Waals surface area contributed by atoms with Gasteiger partial charge in [0.15, 0.2) is 0 Å². The lowest BCUT2D eigenvalue weighted by Gasteiger charge is -2.21. The highest BCUT2D eigenvalue weighted by molar-refractivity contribution is 6.04. The highest BCUT2D eigenvalue weighted by Crippen LogP contribution is 2.31. The molecule has 1 aromatic heterocycles. The van der Waals surface area contributed by atoms with Gasteiger partial charge in [0, 0.05) is 0 Å². The van der Waals surface area contributed by atoms with Crippen molar-refractivity contribution >= 4 is 11.6 Å². The van der Waals surface area contributed by atoms with Crippen molar-refractivity contribution in [1.29, 1.82) is 0 Å². The standard InChI is InChI=1S/C16H19NO3/c1-16(2,3)12-5-6-14(19-4)13(9-12)17-15(18)11-7-8-20-10-11/h5-10H,1-4H3,(H,17,18). The average molecular weight is 273 g/mol. The van der Waals surface area contributed by atoms with Crippen molar-refractivity contribution in [3.8, 4) is 5.75 Å². The van der Waals surface area contributed by atoms with Crippen molar-refractivity contribution in [2.45, 2.75) is 26.2 Å². The van der Waals surface area contributed by atoms with Crippen LogP contribution in [0, 0.1) is 0 Å². The first-order chi connectivity index (χ1) is 9.41. The summed E-state index contributed by atoms with van der Waals surface area (Å²) < 4.78 is 10.2. The molecule has 2 rings (SSSR count). The second-order valence-corrected chi connectivity index (χ2v) is 5.63. The van der Waals surface area contributed by atoms with E-state index in [0.29, 0.717) is 17.0 Å². The molecular formula is C16H19NO3. The number of furan rings is 1. The van der Waals surface area contributed by atoms with Crippen LogP contribution in [0.5, 0.6) is 5.75 Å². The molecule has 0 saturated carbocycles. The molecule has 2 aromatic rings. The average Bonchev–Trinajstić information content (AvgIpc) is 2.91. The SMILES string of the molecule is COc1ccc(C(C)(C)C)cc1NC(=O)c1ccoc1. The number of hydrogen-bond acceptors (Lipinski definition) is 3. The monoisotopic (exact) mass is 273 g/mol. The van der Waals surface area contributed by atoms with Gasteiger partial charge in [-0.15, -0.1) is 0 Å². The van der Waals surface area contributed by atoms with Gasteiger partial charge in [0.2, 0.25) is 0 Å². The number of ether oxygens (including phenoxy) is 1. The van der Waals surface area contributed by atoms with E-state index in [2.05, 4.69) is 26.1 Å². The Morgan fingerprint density at radius 1 is 1.25 bits per heavy atom. The summed E-state index contributed by atoms with van der Waals surface area (Å²) in [5, 5.41) is 2.85. The van der Waals surface area contributed by atoms with E-state index >= 15 is 0 Å². The van der Waals surface area contributed by atoms with Crippen molar-refractivity contribution in [2.75, 3.05) is 12.4 Å². The highest BCUT2D eigenvalue weighted by atomic mass is 16.5. The molecule has 1 aromatic carbocycles. The molecule has 1 amide bonds. The van der Waals surface area contributed by atoms with Gasteiger partial charge in [-0.1, -0.05) is 26.8 Å². The Morgan fingerprint density at radius 2 is 2.00 bits per heavy atom. The van der Waals surface area contributed by atoms with Crippen molar-refractivity contribution in [1.82, 2.24) is 0 Å². The molecule has 0 atom stereocenters. The summed E-state index contributed by atoms with van der Waals surface area (Å²) in [6.07, 6.45) is 2.88. The minimum Gasteiger partial charge on any atom is -0.495 e. The van der Waals surface area contributed by atoms with Crippen molar-refractivity contribution < 1.29 is 13.9 Å². The van der Waals surface area contributed by atoms with Gasteiger partial charge in [0.1, 0.15) is 12.0 Å². The van der Waals surface area contributed by atoms with Gasteiger partial charge in [-0.05, 0) is 29.2 Å². The van der Waals surface area contributed by atoms with E-state index in [1.165, 1.54) is 12.5 Å². The van der Waals surface area contributed by atoms with E-state index in [9.17, 15) is 4.79 Å². The van der Waals surface area contributed by atoms with Crippen LogP contribution in [-0.4, -0.2) is 13.0 Å². The smallest absolute Gasteiger partial charge is 0.259 e. The number of amides is 1. The fraction of sp³-hybridized carbons (Fsp3) is 0.312. The number of methoxy groups -OCH3 is 1. The topological polar surface area (TPSA) is 51.5 Å². The maximum absolute atomic E-state index is 12.1. The molecule has 0 aliphatic rings. The summed E-state index contributed by atoms with van der Waals surface area (Å²) in [5.74, 6) is 0.415. The van der Waals surface area contributed by atoms with Gasteiger partial charge in [-0.2, -0.15) is 0 Å². The number of carbonyl (C=O) groups excluding carboxylic acids is 1. The first-order valence-electron chi connectivity index (χ1n) is 6.44. The molecule has 0 fully saturated rings. The lowest BCUT2D eigenvalue weighted by Crippen LogP contribution is -2.15. The molecule has 0 radical (unpaired) electrons. The molecule has 0 spiro atoms. The third-order valence-corrected chi connectivity index (χ3v) is 3.10. The van der Waals surface area contributed by atoms with Gasteiger partial charge in [0.25, 0.3) is 5.91 Å². The van der Waals surface area contributed by atoms with E-state index < -0.39 is 0 Å². The van der Waals surface area contributed by atoms with Gasteiger partial charge in [0.05, 0.1) is 24.6 Å². The Balaban J connectivity index is 2.32. The molecule has 106 valence electrons. The summed E-state index contributed by atoms with van der Waals surface area (Å²) in [6.45, 7) is 6.36. The number of rotatable bonds is 3. The summed E-state index contributed by atoms with van der Waals surface area (Å²) in [5.41, 5.74) is 2.27. The van der Waals surface area contributed by atoms with E-state index in [0.717, 1.165) is 5.56 Å². The van der Waals surface area contributed by atoms with Crippen LogP contribution in [0.3, 0.4) is 0 Å². The van der Waals surface area contributed by atoms with Gasteiger partial charge < -0.3 is 14.5 Å². The number of anilines is 1. The van der Waals surface area contributed by atoms with Crippen LogP contribution in [0.1, 0.15) is 36.7 Å². The van der Waals surface area contributed by atoms with Crippen LogP contribution in [0.25, 0.3) is 0 Å². The first-order valence-corrected chi connectivity index (χ1v) is 6.44. The van der Waals surface area contributed by atoms with Gasteiger partial charge >= 0.3 is 0 Å². The van der Waals surface area contributed by atoms with Gasteiger partial charge in [-0.25, -0.2) is 0 Å². The Bertz CT molecular complexity index is 595. The maximum Gasteiger partial charge on any atom is 0.259 e. The first kappa shape index (κ1) is 14.2. The van der Waals surface area contributed by atoms with Gasteiger partial charge in [-0.3, -0.25) is 4.79 Å². The Morgan fingerprint density at radius 3 is 2.55 bits per heavy atom. The minimum absolute atomic E-state index is 0.00138. The largest absolute Gasteiger partial charge is 0.495 e. The van der Waals surface area contributed by atoms with Crippen LogP contribution < -0.4 is 10.1 Å². The predicted molar refractivity (Wildman–Crippen MR) is 78.4 cm³/mol. The van der Waals surface area contributed by atoms with E-state index in [4.69, 9.17) is 9.15 Å². The summed E-state index contributed by atoms with van der Waals surface area (Å²) in [7, 11) is 1.58.